The van der Waals surface area contributed by atoms with Gasteiger partial charge in [-0.25, -0.2) is 0 Å². The molecule has 1 saturated heterocycles. The second-order valence-corrected chi connectivity index (χ2v) is 4.09. The first kappa shape index (κ1) is 11.4. The Bertz CT molecular complexity index is 364. The molecule has 90 valence electrons. The molecule has 0 saturated carbocycles. The fourth-order valence-electron chi connectivity index (χ4n) is 2.05. The second-order valence-electron chi connectivity index (χ2n) is 4.09. The van der Waals surface area contributed by atoms with Gasteiger partial charge in [0.1, 0.15) is 0 Å². The van der Waals surface area contributed by atoms with Gasteiger partial charge in [-0.1, -0.05) is 0 Å². The Balaban J connectivity index is 2.24. The molecule has 1 aliphatic heterocycles. The number of alkyl halides is 3. The molecule has 0 aromatic carbocycles. The fourth-order valence-corrected chi connectivity index (χ4v) is 2.05. The van der Waals surface area contributed by atoms with E-state index in [1.165, 1.54) is 4.68 Å². The average molecular weight is 233 g/mol. The molecule has 2 heterocycles. The number of hydrogen-bond donors (Lipinski definition) is 1. The molecule has 1 N–H and O–H groups in total. The zero-order valence-electron chi connectivity index (χ0n) is 9.01. The van der Waals surface area contributed by atoms with Crippen molar-refractivity contribution in [1.82, 2.24) is 15.1 Å². The van der Waals surface area contributed by atoms with Gasteiger partial charge in [0, 0.05) is 5.69 Å². The number of hydrogen-bond acceptors (Lipinski definition) is 2. The molecule has 0 atom stereocenters. The Morgan fingerprint density at radius 1 is 1.38 bits per heavy atom. The number of piperidine rings is 1. The van der Waals surface area contributed by atoms with Crippen LogP contribution in [0.1, 0.15) is 30.3 Å². The lowest BCUT2D eigenvalue weighted by Gasteiger charge is -2.24. The van der Waals surface area contributed by atoms with Crippen molar-refractivity contribution in [3.05, 3.63) is 17.5 Å². The minimum absolute atomic E-state index is 0.0948. The normalized spacial score (nSPS) is 19.0. The summed E-state index contributed by atoms with van der Waals surface area (Å²) in [6.07, 6.45) is -2.68. The molecule has 3 nitrogen and oxygen atoms in total. The van der Waals surface area contributed by atoms with Crippen molar-refractivity contribution in [1.29, 1.82) is 0 Å². The van der Waals surface area contributed by atoms with E-state index in [1.54, 1.807) is 6.92 Å². The van der Waals surface area contributed by atoms with Crippen LogP contribution in [0.4, 0.5) is 13.2 Å². The Kier molecular flexibility index (Phi) is 2.92. The number of aryl methyl sites for hydroxylation is 1. The van der Waals surface area contributed by atoms with E-state index >= 15 is 0 Å². The van der Waals surface area contributed by atoms with Gasteiger partial charge in [-0.3, -0.25) is 4.68 Å². The van der Waals surface area contributed by atoms with Crippen molar-refractivity contribution < 1.29 is 13.2 Å². The van der Waals surface area contributed by atoms with Gasteiger partial charge < -0.3 is 5.32 Å². The van der Waals surface area contributed by atoms with Gasteiger partial charge in [0.15, 0.2) is 5.69 Å². The predicted octanol–water partition coefficient (Wildman–Crippen LogP) is 2.13. The van der Waals surface area contributed by atoms with Crippen LogP contribution in [0.2, 0.25) is 0 Å². The van der Waals surface area contributed by atoms with E-state index in [9.17, 15) is 13.2 Å². The lowest BCUT2D eigenvalue weighted by Crippen LogP contribution is -2.30. The molecule has 1 aromatic rings. The first-order valence-electron chi connectivity index (χ1n) is 5.32. The Morgan fingerprint density at radius 3 is 2.50 bits per heavy atom. The van der Waals surface area contributed by atoms with Gasteiger partial charge in [-0.05, 0) is 38.9 Å². The summed E-state index contributed by atoms with van der Waals surface area (Å²) in [6.45, 7) is 3.35. The number of nitrogens with zero attached hydrogens (tertiary/aromatic N) is 2. The number of nitrogens with one attached hydrogen (secondary N) is 1. The smallest absolute Gasteiger partial charge is 0.317 e. The van der Waals surface area contributed by atoms with Crippen molar-refractivity contribution in [2.75, 3.05) is 13.1 Å². The third kappa shape index (κ3) is 2.21. The van der Waals surface area contributed by atoms with Crippen molar-refractivity contribution in [2.24, 2.45) is 0 Å². The predicted molar refractivity (Wildman–Crippen MR) is 53.1 cm³/mol. The van der Waals surface area contributed by atoms with E-state index in [2.05, 4.69) is 10.4 Å². The second kappa shape index (κ2) is 4.08. The van der Waals surface area contributed by atoms with E-state index < -0.39 is 11.9 Å². The molecule has 1 fully saturated rings. The van der Waals surface area contributed by atoms with Crippen molar-refractivity contribution in [3.8, 4) is 0 Å². The van der Waals surface area contributed by atoms with E-state index in [0.717, 1.165) is 32.0 Å². The van der Waals surface area contributed by atoms with E-state index in [4.69, 9.17) is 0 Å². The molecular weight excluding hydrogens is 219 g/mol. The van der Waals surface area contributed by atoms with Crippen molar-refractivity contribution >= 4 is 0 Å². The van der Waals surface area contributed by atoms with E-state index in [0.29, 0.717) is 5.69 Å². The van der Waals surface area contributed by atoms with Crippen LogP contribution in [-0.4, -0.2) is 22.9 Å². The monoisotopic (exact) mass is 233 g/mol. The Morgan fingerprint density at radius 2 is 2.00 bits per heavy atom. The number of rotatable bonds is 1. The van der Waals surface area contributed by atoms with Gasteiger partial charge >= 0.3 is 6.18 Å². The summed E-state index contributed by atoms with van der Waals surface area (Å²) in [5.41, 5.74) is -0.206. The molecule has 0 bridgehead atoms. The fraction of sp³-hybridized carbons (Fsp3) is 0.700. The van der Waals surface area contributed by atoms with Crippen LogP contribution in [0, 0.1) is 6.92 Å². The summed E-state index contributed by atoms with van der Waals surface area (Å²) in [7, 11) is 0. The van der Waals surface area contributed by atoms with Crippen LogP contribution in [0.3, 0.4) is 0 Å². The van der Waals surface area contributed by atoms with Crippen LogP contribution in [0.25, 0.3) is 0 Å². The highest BCUT2D eigenvalue weighted by Crippen LogP contribution is 2.30. The lowest BCUT2D eigenvalue weighted by molar-refractivity contribution is -0.141. The van der Waals surface area contributed by atoms with Crippen LogP contribution in [0.5, 0.6) is 0 Å². The van der Waals surface area contributed by atoms with E-state index in [1.807, 2.05) is 0 Å². The summed E-state index contributed by atoms with van der Waals surface area (Å²) in [5.74, 6) is 0. The topological polar surface area (TPSA) is 29.9 Å². The molecule has 0 amide bonds. The maximum absolute atomic E-state index is 12.5. The summed E-state index contributed by atoms with van der Waals surface area (Å²) >= 11 is 0. The van der Waals surface area contributed by atoms with Gasteiger partial charge in [0.25, 0.3) is 0 Å². The Labute approximate surface area is 91.6 Å². The van der Waals surface area contributed by atoms with Gasteiger partial charge in [-0.15, -0.1) is 0 Å². The molecule has 16 heavy (non-hydrogen) atoms. The van der Waals surface area contributed by atoms with E-state index in [-0.39, 0.29) is 6.04 Å². The molecule has 0 unspecified atom stereocenters. The van der Waals surface area contributed by atoms with Gasteiger partial charge in [0.2, 0.25) is 0 Å². The van der Waals surface area contributed by atoms with Crippen LogP contribution < -0.4 is 5.32 Å². The van der Waals surface area contributed by atoms with Crippen molar-refractivity contribution in [3.63, 3.8) is 0 Å². The standard InChI is InChI=1S/C10H14F3N3/c1-7-6-9(10(11,12)13)15-16(7)8-2-4-14-5-3-8/h6,8,14H,2-5H2,1H3. The lowest BCUT2D eigenvalue weighted by atomic mass is 10.1. The average Bonchev–Trinajstić information content (AvgIpc) is 2.61. The highest BCUT2D eigenvalue weighted by atomic mass is 19.4. The van der Waals surface area contributed by atoms with Crippen LogP contribution in [0.15, 0.2) is 6.07 Å². The maximum atomic E-state index is 12.5. The third-order valence-electron chi connectivity index (χ3n) is 2.87. The quantitative estimate of drug-likeness (QED) is 0.805. The minimum atomic E-state index is -4.34. The first-order valence-corrected chi connectivity index (χ1v) is 5.32. The zero-order valence-corrected chi connectivity index (χ0v) is 9.01. The van der Waals surface area contributed by atoms with Crippen LogP contribution >= 0.6 is 0 Å². The molecule has 6 heteroatoms. The minimum Gasteiger partial charge on any atom is -0.317 e. The largest absolute Gasteiger partial charge is 0.435 e. The molecule has 1 aromatic heterocycles. The third-order valence-corrected chi connectivity index (χ3v) is 2.87. The molecule has 0 spiro atoms. The molecule has 2 rings (SSSR count). The van der Waals surface area contributed by atoms with Gasteiger partial charge in [-0.2, -0.15) is 18.3 Å². The SMILES string of the molecule is Cc1cc(C(F)(F)F)nn1C1CCNCC1. The summed E-state index contributed by atoms with van der Waals surface area (Å²) in [4.78, 5) is 0. The maximum Gasteiger partial charge on any atom is 0.435 e. The molecular formula is C10H14F3N3. The van der Waals surface area contributed by atoms with Gasteiger partial charge in [0.05, 0.1) is 6.04 Å². The number of aromatic nitrogens is 2. The molecule has 1 aliphatic rings. The zero-order chi connectivity index (χ0) is 11.8. The summed E-state index contributed by atoms with van der Waals surface area (Å²) in [6, 6.07) is 1.21. The van der Waals surface area contributed by atoms with Crippen molar-refractivity contribution in [2.45, 2.75) is 32.0 Å². The highest BCUT2D eigenvalue weighted by Gasteiger charge is 2.35. The first-order chi connectivity index (χ1) is 7.48. The summed E-state index contributed by atoms with van der Waals surface area (Å²) in [5, 5.41) is 6.85. The molecule has 0 aliphatic carbocycles. The van der Waals surface area contributed by atoms with Crippen LogP contribution in [-0.2, 0) is 6.18 Å². The highest BCUT2D eigenvalue weighted by molar-refractivity contribution is 5.12. The summed E-state index contributed by atoms with van der Waals surface area (Å²) < 4.78 is 38.9. The Hall–Kier alpha value is -1.04. The molecule has 0 radical (unpaired) electrons. The number of halogens is 3.